The Morgan fingerprint density at radius 1 is 1.53 bits per heavy atom. The van der Waals surface area contributed by atoms with Gasteiger partial charge >= 0.3 is 5.97 Å². The van der Waals surface area contributed by atoms with Crippen LogP contribution in [-0.4, -0.2) is 33.5 Å². The lowest BCUT2D eigenvalue weighted by molar-refractivity contribution is -0.385. The molecular weight excluding hydrogens is 246 g/mol. The number of nitro groups is 1. The maximum absolute atomic E-state index is 10.8. The Morgan fingerprint density at radius 2 is 2.18 bits per heavy atom. The molecule has 0 saturated carbocycles. The molecule has 2 N–H and O–H groups in total. The van der Waals surface area contributed by atoms with Crippen LogP contribution in [0.15, 0.2) is 17.0 Å². The second-order valence-corrected chi connectivity index (χ2v) is 4.39. The number of aromatic carboxylic acids is 1. The highest BCUT2D eigenvalue weighted by molar-refractivity contribution is 7.99. The number of carbonyl (C=O) groups is 1. The van der Waals surface area contributed by atoms with Crippen molar-refractivity contribution in [3.63, 3.8) is 0 Å². The summed E-state index contributed by atoms with van der Waals surface area (Å²) in [6.07, 6.45) is 0. The van der Waals surface area contributed by atoms with Crippen molar-refractivity contribution >= 4 is 23.4 Å². The van der Waals surface area contributed by atoms with E-state index in [0.29, 0.717) is 16.2 Å². The first-order valence-corrected chi connectivity index (χ1v) is 5.72. The number of hydrogen-bond acceptors (Lipinski definition) is 5. The van der Waals surface area contributed by atoms with E-state index in [1.54, 1.807) is 6.92 Å². The molecule has 6 nitrogen and oxygen atoms in total. The SMILES string of the molecule is Cc1c(SCCO)cc(C(=O)O)cc1[N+](=O)[O-]. The van der Waals surface area contributed by atoms with Crippen molar-refractivity contribution in [3.8, 4) is 0 Å². The first-order valence-electron chi connectivity index (χ1n) is 4.73. The maximum Gasteiger partial charge on any atom is 0.335 e. The second kappa shape index (κ2) is 5.65. The lowest BCUT2D eigenvalue weighted by Gasteiger charge is -2.06. The first kappa shape index (κ1) is 13.5. The number of aliphatic hydroxyl groups is 1. The molecule has 0 atom stereocenters. The van der Waals surface area contributed by atoms with Crippen LogP contribution in [0.3, 0.4) is 0 Å². The third kappa shape index (κ3) is 3.18. The summed E-state index contributed by atoms with van der Waals surface area (Å²) in [5.41, 5.74) is 0.0755. The van der Waals surface area contributed by atoms with Crippen LogP contribution in [0.1, 0.15) is 15.9 Å². The molecular formula is C10H11NO5S. The van der Waals surface area contributed by atoms with E-state index < -0.39 is 10.9 Å². The number of hydrogen-bond donors (Lipinski definition) is 2. The van der Waals surface area contributed by atoms with E-state index in [1.165, 1.54) is 17.8 Å². The largest absolute Gasteiger partial charge is 0.478 e. The van der Waals surface area contributed by atoms with Gasteiger partial charge in [0, 0.05) is 22.3 Å². The highest BCUT2D eigenvalue weighted by Crippen LogP contribution is 2.30. The van der Waals surface area contributed by atoms with Gasteiger partial charge in [0.1, 0.15) is 0 Å². The highest BCUT2D eigenvalue weighted by Gasteiger charge is 2.18. The van der Waals surface area contributed by atoms with E-state index >= 15 is 0 Å². The van der Waals surface area contributed by atoms with Crippen LogP contribution < -0.4 is 0 Å². The molecule has 0 bridgehead atoms. The Labute approximate surface area is 101 Å². The zero-order valence-electron chi connectivity index (χ0n) is 9.04. The number of thioether (sulfide) groups is 1. The van der Waals surface area contributed by atoms with Crippen LogP contribution in [0.4, 0.5) is 5.69 Å². The molecule has 0 aliphatic rings. The average molecular weight is 257 g/mol. The zero-order valence-corrected chi connectivity index (χ0v) is 9.86. The quantitative estimate of drug-likeness (QED) is 0.473. The molecule has 0 unspecified atom stereocenters. The molecule has 0 aliphatic heterocycles. The Kier molecular flexibility index (Phi) is 4.47. The summed E-state index contributed by atoms with van der Waals surface area (Å²) in [4.78, 5) is 21.5. The fraction of sp³-hybridized carbons (Fsp3) is 0.300. The Balaban J connectivity index is 3.27. The maximum atomic E-state index is 10.8. The third-order valence-electron chi connectivity index (χ3n) is 2.13. The Bertz CT molecular complexity index is 460. The van der Waals surface area contributed by atoms with Gasteiger partial charge in [0.25, 0.3) is 5.69 Å². The van der Waals surface area contributed by atoms with Crippen molar-refractivity contribution in [3.05, 3.63) is 33.4 Å². The van der Waals surface area contributed by atoms with Crippen molar-refractivity contribution in [1.82, 2.24) is 0 Å². The monoisotopic (exact) mass is 257 g/mol. The van der Waals surface area contributed by atoms with Crippen LogP contribution >= 0.6 is 11.8 Å². The van der Waals surface area contributed by atoms with E-state index in [9.17, 15) is 14.9 Å². The van der Waals surface area contributed by atoms with Crippen LogP contribution in [0.5, 0.6) is 0 Å². The van der Waals surface area contributed by atoms with Gasteiger partial charge in [0.15, 0.2) is 0 Å². The summed E-state index contributed by atoms with van der Waals surface area (Å²) >= 11 is 1.19. The smallest absolute Gasteiger partial charge is 0.335 e. The predicted molar refractivity (Wildman–Crippen MR) is 62.6 cm³/mol. The summed E-state index contributed by atoms with van der Waals surface area (Å²) in [5, 5.41) is 28.3. The van der Waals surface area contributed by atoms with Gasteiger partial charge in [-0.1, -0.05) is 0 Å². The standard InChI is InChI=1S/C10H11NO5S/c1-6-8(11(15)16)4-7(10(13)14)5-9(6)17-3-2-12/h4-5,12H,2-3H2,1H3,(H,13,14). The first-order chi connectivity index (χ1) is 7.97. The van der Waals surface area contributed by atoms with Crippen LogP contribution in [-0.2, 0) is 0 Å². The van der Waals surface area contributed by atoms with E-state index in [-0.39, 0.29) is 17.9 Å². The summed E-state index contributed by atoms with van der Waals surface area (Å²) in [6.45, 7) is 1.48. The minimum Gasteiger partial charge on any atom is -0.478 e. The molecule has 1 aromatic carbocycles. The summed E-state index contributed by atoms with van der Waals surface area (Å²) in [7, 11) is 0. The zero-order chi connectivity index (χ0) is 13.0. The Morgan fingerprint density at radius 3 is 2.65 bits per heavy atom. The van der Waals surface area contributed by atoms with Gasteiger partial charge < -0.3 is 10.2 Å². The van der Waals surface area contributed by atoms with Gasteiger partial charge in [-0.15, -0.1) is 11.8 Å². The van der Waals surface area contributed by atoms with Crippen LogP contribution in [0.2, 0.25) is 0 Å². The van der Waals surface area contributed by atoms with E-state index in [1.807, 2.05) is 0 Å². The molecule has 0 fully saturated rings. The Hall–Kier alpha value is -1.60. The number of carboxylic acids is 1. The second-order valence-electron chi connectivity index (χ2n) is 3.25. The predicted octanol–water partition coefficient (Wildman–Crippen LogP) is 1.69. The molecule has 92 valence electrons. The van der Waals surface area contributed by atoms with Gasteiger partial charge in [0.2, 0.25) is 0 Å². The minimum absolute atomic E-state index is 0.0742. The molecule has 17 heavy (non-hydrogen) atoms. The molecule has 7 heteroatoms. The van der Waals surface area contributed by atoms with E-state index in [4.69, 9.17) is 10.2 Å². The number of aliphatic hydroxyl groups excluding tert-OH is 1. The van der Waals surface area contributed by atoms with Crippen molar-refractivity contribution < 1.29 is 19.9 Å². The molecule has 0 heterocycles. The molecule has 0 saturated heterocycles. The average Bonchev–Trinajstić information content (AvgIpc) is 2.26. The van der Waals surface area contributed by atoms with Gasteiger partial charge in [0.05, 0.1) is 17.1 Å². The summed E-state index contributed by atoms with van der Waals surface area (Å²) < 4.78 is 0. The van der Waals surface area contributed by atoms with Gasteiger partial charge in [-0.25, -0.2) is 4.79 Å². The van der Waals surface area contributed by atoms with Crippen LogP contribution in [0, 0.1) is 17.0 Å². The van der Waals surface area contributed by atoms with Gasteiger partial charge in [-0.3, -0.25) is 10.1 Å². The van der Waals surface area contributed by atoms with Gasteiger partial charge in [-0.05, 0) is 13.0 Å². The number of rotatable bonds is 5. The molecule has 1 rings (SSSR count). The van der Waals surface area contributed by atoms with Gasteiger partial charge in [-0.2, -0.15) is 0 Å². The highest BCUT2D eigenvalue weighted by atomic mass is 32.2. The lowest BCUT2D eigenvalue weighted by atomic mass is 10.1. The minimum atomic E-state index is -1.21. The molecule has 0 aliphatic carbocycles. The van der Waals surface area contributed by atoms with Crippen LogP contribution in [0.25, 0.3) is 0 Å². The molecule has 0 radical (unpaired) electrons. The normalized spacial score (nSPS) is 10.2. The summed E-state index contributed by atoms with van der Waals surface area (Å²) in [6, 6.07) is 2.42. The van der Waals surface area contributed by atoms with Crippen molar-refractivity contribution in [2.75, 3.05) is 12.4 Å². The molecule has 0 spiro atoms. The van der Waals surface area contributed by atoms with Crippen molar-refractivity contribution in [1.29, 1.82) is 0 Å². The number of benzene rings is 1. The third-order valence-corrected chi connectivity index (χ3v) is 3.25. The number of carboxylic acid groups (broad SMARTS) is 1. The number of nitro benzene ring substituents is 1. The molecule has 1 aromatic rings. The number of nitrogens with zero attached hydrogens (tertiary/aromatic N) is 1. The van der Waals surface area contributed by atoms with E-state index in [0.717, 1.165) is 6.07 Å². The fourth-order valence-corrected chi connectivity index (χ4v) is 2.13. The fourth-order valence-electron chi connectivity index (χ4n) is 1.29. The van der Waals surface area contributed by atoms with Crippen molar-refractivity contribution in [2.24, 2.45) is 0 Å². The van der Waals surface area contributed by atoms with E-state index in [2.05, 4.69) is 0 Å². The lowest BCUT2D eigenvalue weighted by Crippen LogP contribution is -2.02. The molecule has 0 amide bonds. The summed E-state index contributed by atoms with van der Waals surface area (Å²) in [5.74, 6) is -0.847. The van der Waals surface area contributed by atoms with Crippen molar-refractivity contribution in [2.45, 2.75) is 11.8 Å². The molecule has 0 aromatic heterocycles. The topological polar surface area (TPSA) is 101 Å².